The summed E-state index contributed by atoms with van der Waals surface area (Å²) in [7, 11) is 0. The van der Waals surface area contributed by atoms with Gasteiger partial charge >= 0.3 is 0 Å². The second-order valence-corrected chi connectivity index (χ2v) is 8.58. The van der Waals surface area contributed by atoms with E-state index in [1.54, 1.807) is 30.3 Å². The minimum Gasteiger partial charge on any atom is -0.392 e. The highest BCUT2D eigenvalue weighted by Gasteiger charge is 2.39. The Hall–Kier alpha value is -3.19. The lowest BCUT2D eigenvalue weighted by atomic mass is 10.0. The van der Waals surface area contributed by atoms with E-state index in [1.807, 2.05) is 42.5 Å². The molecule has 3 N–H and O–H groups in total. The van der Waals surface area contributed by atoms with Crippen molar-refractivity contribution in [2.24, 2.45) is 0 Å². The van der Waals surface area contributed by atoms with Crippen LogP contribution in [0.3, 0.4) is 0 Å². The molecule has 0 spiro atoms. The third-order valence-electron chi connectivity index (χ3n) is 5.77. The highest BCUT2D eigenvalue weighted by atomic mass is 35.5. The van der Waals surface area contributed by atoms with E-state index in [0.29, 0.717) is 17.1 Å². The van der Waals surface area contributed by atoms with Crippen molar-refractivity contribution in [2.75, 3.05) is 6.54 Å². The number of β-amino-alcohol motifs (C(OH)–C–C–N with tert-alkyl or cyclic N) is 1. The zero-order chi connectivity index (χ0) is 23.4. The maximum absolute atomic E-state index is 13.3. The number of aliphatic hydroxyl groups is 2. The van der Waals surface area contributed by atoms with E-state index in [2.05, 4.69) is 5.32 Å². The monoisotopic (exact) mass is 464 g/mol. The molecule has 2 unspecified atom stereocenters. The van der Waals surface area contributed by atoms with E-state index < -0.39 is 12.1 Å². The van der Waals surface area contributed by atoms with E-state index >= 15 is 0 Å². The maximum atomic E-state index is 13.3. The van der Waals surface area contributed by atoms with Crippen LogP contribution in [0.25, 0.3) is 11.1 Å². The van der Waals surface area contributed by atoms with E-state index in [1.165, 1.54) is 4.90 Å². The molecule has 1 fully saturated rings. The van der Waals surface area contributed by atoms with Crippen molar-refractivity contribution < 1.29 is 19.8 Å². The first-order valence-electron chi connectivity index (χ1n) is 10.8. The molecule has 7 heteroatoms. The molecule has 2 atom stereocenters. The summed E-state index contributed by atoms with van der Waals surface area (Å²) in [6.07, 6.45) is -0.569. The van der Waals surface area contributed by atoms with Gasteiger partial charge in [-0.2, -0.15) is 0 Å². The Kier molecular flexibility index (Phi) is 7.08. The van der Waals surface area contributed by atoms with Gasteiger partial charge in [0.1, 0.15) is 6.04 Å². The van der Waals surface area contributed by atoms with Gasteiger partial charge in [-0.1, -0.05) is 54.1 Å². The fraction of sp³-hybridized carbons (Fsp3) is 0.231. The first-order valence-corrected chi connectivity index (χ1v) is 11.1. The van der Waals surface area contributed by atoms with Crippen LogP contribution in [0.2, 0.25) is 5.02 Å². The number of halogens is 1. The van der Waals surface area contributed by atoms with Crippen LogP contribution in [0, 0.1) is 0 Å². The molecule has 1 saturated heterocycles. The fourth-order valence-corrected chi connectivity index (χ4v) is 4.17. The molecule has 170 valence electrons. The van der Waals surface area contributed by atoms with Crippen molar-refractivity contribution in [1.29, 1.82) is 0 Å². The Morgan fingerprint density at radius 1 is 0.970 bits per heavy atom. The summed E-state index contributed by atoms with van der Waals surface area (Å²) >= 11 is 5.90. The molecule has 1 heterocycles. The van der Waals surface area contributed by atoms with Crippen LogP contribution >= 0.6 is 11.6 Å². The van der Waals surface area contributed by atoms with Crippen molar-refractivity contribution in [3.63, 3.8) is 0 Å². The van der Waals surface area contributed by atoms with Crippen molar-refractivity contribution >= 4 is 23.4 Å². The fourth-order valence-electron chi connectivity index (χ4n) is 4.04. The summed E-state index contributed by atoms with van der Waals surface area (Å²) in [5, 5.41) is 23.1. The average Bonchev–Trinajstić information content (AvgIpc) is 3.25. The van der Waals surface area contributed by atoms with Gasteiger partial charge in [0.15, 0.2) is 0 Å². The van der Waals surface area contributed by atoms with Crippen LogP contribution in [0.1, 0.15) is 27.9 Å². The molecular weight excluding hydrogens is 440 g/mol. The van der Waals surface area contributed by atoms with Gasteiger partial charge in [0, 0.05) is 30.1 Å². The van der Waals surface area contributed by atoms with Gasteiger partial charge < -0.3 is 20.4 Å². The van der Waals surface area contributed by atoms with E-state index in [-0.39, 0.29) is 31.4 Å². The second kappa shape index (κ2) is 10.2. The molecule has 3 aromatic rings. The highest BCUT2D eigenvalue weighted by Crippen LogP contribution is 2.25. The van der Waals surface area contributed by atoms with Crippen LogP contribution < -0.4 is 5.32 Å². The quantitative estimate of drug-likeness (QED) is 0.521. The number of aliphatic hydroxyl groups excluding tert-OH is 2. The third-order valence-corrected chi connectivity index (χ3v) is 6.03. The summed E-state index contributed by atoms with van der Waals surface area (Å²) in [5.41, 5.74) is 3.83. The normalized spacial score (nSPS) is 17.7. The topological polar surface area (TPSA) is 89.9 Å². The number of nitrogens with one attached hydrogen (secondary N) is 1. The number of amides is 2. The molecule has 2 amide bonds. The molecular formula is C26H25ClN2O4. The zero-order valence-corrected chi connectivity index (χ0v) is 18.7. The Bertz CT molecular complexity index is 1150. The number of carbonyl (C=O) groups is 2. The second-order valence-electron chi connectivity index (χ2n) is 8.15. The third kappa shape index (κ3) is 5.42. The molecule has 33 heavy (non-hydrogen) atoms. The predicted molar refractivity (Wildman–Crippen MR) is 127 cm³/mol. The van der Waals surface area contributed by atoms with E-state index in [4.69, 9.17) is 11.6 Å². The number of hydrogen-bond donors (Lipinski definition) is 3. The summed E-state index contributed by atoms with van der Waals surface area (Å²) < 4.78 is 0. The number of likely N-dealkylation sites (tertiary alicyclic amines) is 1. The van der Waals surface area contributed by atoms with Gasteiger partial charge in [0.05, 0.1) is 12.7 Å². The molecule has 1 aliphatic rings. The SMILES string of the molecule is O=C(NCc1ccc(Cl)cc1)C1CC(O)CN1C(=O)c1cccc(-c2cccc(CO)c2)c1. The number of nitrogens with zero attached hydrogens (tertiary/aromatic N) is 1. The Labute approximate surface area is 197 Å². The summed E-state index contributed by atoms with van der Waals surface area (Å²) in [6.45, 7) is 0.342. The zero-order valence-electron chi connectivity index (χ0n) is 17.9. The minimum atomic E-state index is -0.760. The average molecular weight is 465 g/mol. The molecule has 0 bridgehead atoms. The summed E-state index contributed by atoms with van der Waals surface area (Å²) in [5.74, 6) is -0.611. The van der Waals surface area contributed by atoms with Crippen LogP contribution in [0.4, 0.5) is 0 Å². The van der Waals surface area contributed by atoms with E-state index in [9.17, 15) is 19.8 Å². The lowest BCUT2D eigenvalue weighted by Gasteiger charge is -2.24. The molecule has 1 aliphatic heterocycles. The van der Waals surface area contributed by atoms with Crippen molar-refractivity contribution in [3.8, 4) is 11.1 Å². The van der Waals surface area contributed by atoms with Crippen LogP contribution in [-0.2, 0) is 17.9 Å². The maximum Gasteiger partial charge on any atom is 0.254 e. The van der Waals surface area contributed by atoms with Gasteiger partial charge in [-0.15, -0.1) is 0 Å². The number of hydrogen-bond acceptors (Lipinski definition) is 4. The molecule has 0 radical (unpaired) electrons. The number of benzene rings is 3. The Morgan fingerprint density at radius 2 is 1.67 bits per heavy atom. The van der Waals surface area contributed by atoms with Gasteiger partial charge in [-0.25, -0.2) is 0 Å². The first kappa shape index (κ1) is 23.0. The highest BCUT2D eigenvalue weighted by molar-refractivity contribution is 6.30. The summed E-state index contributed by atoms with van der Waals surface area (Å²) in [6, 6.07) is 21.0. The lowest BCUT2D eigenvalue weighted by Crippen LogP contribution is -2.45. The predicted octanol–water partition coefficient (Wildman–Crippen LogP) is 3.39. The molecule has 0 aliphatic carbocycles. The molecule has 0 saturated carbocycles. The standard InChI is InChI=1S/C26H25ClN2O4/c27-22-9-7-17(8-10-22)14-28-25(32)24-13-23(31)15-29(24)26(33)21-6-2-5-20(12-21)19-4-1-3-18(11-19)16-30/h1-12,23-24,30-31H,13-16H2,(H,28,32). The smallest absolute Gasteiger partial charge is 0.254 e. The van der Waals surface area contributed by atoms with Crippen molar-refractivity contribution in [3.05, 3.63) is 94.5 Å². The summed E-state index contributed by atoms with van der Waals surface area (Å²) in [4.78, 5) is 27.6. The minimum absolute atomic E-state index is 0.0645. The number of carbonyl (C=O) groups excluding carboxylic acids is 2. The van der Waals surface area contributed by atoms with Gasteiger partial charge in [0.2, 0.25) is 5.91 Å². The number of rotatable bonds is 6. The van der Waals surface area contributed by atoms with Crippen molar-refractivity contribution in [2.45, 2.75) is 31.7 Å². The largest absolute Gasteiger partial charge is 0.392 e. The molecule has 3 aromatic carbocycles. The Morgan fingerprint density at radius 3 is 2.39 bits per heavy atom. The van der Waals surface area contributed by atoms with Gasteiger partial charge in [-0.3, -0.25) is 9.59 Å². The van der Waals surface area contributed by atoms with Gasteiger partial charge in [-0.05, 0) is 52.6 Å². The molecule has 6 nitrogen and oxygen atoms in total. The first-order chi connectivity index (χ1) is 15.9. The van der Waals surface area contributed by atoms with Crippen LogP contribution in [-0.4, -0.2) is 45.6 Å². The van der Waals surface area contributed by atoms with Crippen molar-refractivity contribution in [1.82, 2.24) is 10.2 Å². The molecule has 0 aromatic heterocycles. The van der Waals surface area contributed by atoms with Gasteiger partial charge in [0.25, 0.3) is 5.91 Å². The Balaban J connectivity index is 1.50. The molecule has 4 rings (SSSR count). The van der Waals surface area contributed by atoms with E-state index in [0.717, 1.165) is 22.3 Å². The van der Waals surface area contributed by atoms with Crippen LogP contribution in [0.15, 0.2) is 72.8 Å². The lowest BCUT2D eigenvalue weighted by molar-refractivity contribution is -0.125. The van der Waals surface area contributed by atoms with Crippen LogP contribution in [0.5, 0.6) is 0 Å².